The summed E-state index contributed by atoms with van der Waals surface area (Å²) in [5, 5.41) is 0. The van der Waals surface area contributed by atoms with Crippen molar-refractivity contribution in [2.24, 2.45) is 11.3 Å². The molecule has 3 atom stereocenters. The van der Waals surface area contributed by atoms with Gasteiger partial charge in [0.15, 0.2) is 5.78 Å². The fraction of sp³-hybridized carbons (Fsp3) is 0.450. The van der Waals surface area contributed by atoms with Crippen molar-refractivity contribution in [3.8, 4) is 5.75 Å². The normalized spacial score (nSPS) is 30.9. The van der Waals surface area contributed by atoms with E-state index in [9.17, 15) is 4.79 Å². The van der Waals surface area contributed by atoms with Crippen molar-refractivity contribution in [2.75, 3.05) is 7.11 Å². The van der Waals surface area contributed by atoms with Crippen LogP contribution in [-0.4, -0.2) is 19.0 Å². The van der Waals surface area contributed by atoms with Crippen molar-refractivity contribution in [3.05, 3.63) is 53.3 Å². The summed E-state index contributed by atoms with van der Waals surface area (Å²) in [5.74, 6) is 2.41. The molecule has 120 valence electrons. The molecule has 23 heavy (non-hydrogen) atoms. The SMILES string of the molecule is COc1ccc([C@@H]2C=C[C@H]3OC4=C(C(=O)CC(C)(C)C4)[C@H]32)cc1. The number of ketones is 1. The van der Waals surface area contributed by atoms with Gasteiger partial charge in [0.25, 0.3) is 0 Å². The highest BCUT2D eigenvalue weighted by Gasteiger charge is 2.49. The summed E-state index contributed by atoms with van der Waals surface area (Å²) in [5.41, 5.74) is 2.16. The van der Waals surface area contributed by atoms with Crippen LogP contribution >= 0.6 is 0 Å². The second-order valence-corrected chi connectivity index (χ2v) is 7.57. The Balaban J connectivity index is 1.68. The third-order valence-electron chi connectivity index (χ3n) is 5.24. The molecule has 0 spiro atoms. The summed E-state index contributed by atoms with van der Waals surface area (Å²) >= 11 is 0. The highest BCUT2D eigenvalue weighted by molar-refractivity contribution is 5.98. The average Bonchev–Trinajstić information content (AvgIpc) is 3.04. The Morgan fingerprint density at radius 1 is 1.13 bits per heavy atom. The van der Waals surface area contributed by atoms with Gasteiger partial charge in [0.05, 0.1) is 7.11 Å². The van der Waals surface area contributed by atoms with E-state index in [1.807, 2.05) is 12.1 Å². The number of carbonyl (C=O) groups is 1. The molecule has 0 unspecified atom stereocenters. The number of methoxy groups -OCH3 is 1. The lowest BCUT2D eigenvalue weighted by Gasteiger charge is -2.30. The summed E-state index contributed by atoms with van der Waals surface area (Å²) in [4.78, 5) is 12.7. The fourth-order valence-electron chi connectivity index (χ4n) is 4.19. The van der Waals surface area contributed by atoms with Crippen molar-refractivity contribution in [2.45, 2.75) is 38.7 Å². The van der Waals surface area contributed by atoms with E-state index in [0.29, 0.717) is 6.42 Å². The molecule has 0 saturated carbocycles. The summed E-state index contributed by atoms with van der Waals surface area (Å²) in [7, 11) is 1.67. The Bertz CT molecular complexity index is 709. The van der Waals surface area contributed by atoms with E-state index < -0.39 is 0 Å². The molecule has 1 aliphatic heterocycles. The number of fused-ring (bicyclic) bond motifs is 2. The summed E-state index contributed by atoms with van der Waals surface area (Å²) < 4.78 is 11.4. The summed E-state index contributed by atoms with van der Waals surface area (Å²) in [6.45, 7) is 4.28. The minimum Gasteiger partial charge on any atom is -0.497 e. The van der Waals surface area contributed by atoms with Crippen LogP contribution in [0.25, 0.3) is 0 Å². The van der Waals surface area contributed by atoms with Crippen LogP contribution < -0.4 is 4.74 Å². The van der Waals surface area contributed by atoms with E-state index in [0.717, 1.165) is 23.5 Å². The Morgan fingerprint density at radius 3 is 2.57 bits per heavy atom. The van der Waals surface area contributed by atoms with Gasteiger partial charge in [-0.15, -0.1) is 0 Å². The Morgan fingerprint density at radius 2 is 1.87 bits per heavy atom. The molecule has 0 saturated heterocycles. The smallest absolute Gasteiger partial charge is 0.163 e. The number of allylic oxidation sites excluding steroid dienone is 2. The van der Waals surface area contributed by atoms with Crippen LogP contribution in [0.1, 0.15) is 38.2 Å². The van der Waals surface area contributed by atoms with E-state index in [1.165, 1.54) is 5.56 Å². The van der Waals surface area contributed by atoms with Crippen molar-refractivity contribution in [3.63, 3.8) is 0 Å². The van der Waals surface area contributed by atoms with Crippen LogP contribution in [-0.2, 0) is 9.53 Å². The molecule has 0 bridgehead atoms. The largest absolute Gasteiger partial charge is 0.497 e. The Kier molecular flexibility index (Phi) is 3.15. The topological polar surface area (TPSA) is 35.5 Å². The molecule has 2 aliphatic carbocycles. The molecule has 0 amide bonds. The van der Waals surface area contributed by atoms with Crippen LogP contribution in [0.2, 0.25) is 0 Å². The first-order valence-corrected chi connectivity index (χ1v) is 8.24. The molecule has 0 radical (unpaired) electrons. The predicted octanol–water partition coefficient (Wildman–Crippen LogP) is 4.01. The van der Waals surface area contributed by atoms with E-state index in [1.54, 1.807) is 7.11 Å². The van der Waals surface area contributed by atoms with Crippen molar-refractivity contribution >= 4 is 5.78 Å². The molecule has 3 nitrogen and oxygen atoms in total. The number of hydrogen-bond acceptors (Lipinski definition) is 3. The molecular weight excluding hydrogens is 288 g/mol. The van der Waals surface area contributed by atoms with Crippen molar-refractivity contribution in [1.29, 1.82) is 0 Å². The second kappa shape index (κ2) is 4.98. The van der Waals surface area contributed by atoms with Gasteiger partial charge in [-0.05, 0) is 29.2 Å². The van der Waals surface area contributed by atoms with Crippen LogP contribution in [0, 0.1) is 11.3 Å². The first-order valence-electron chi connectivity index (χ1n) is 8.24. The molecule has 4 rings (SSSR count). The third-order valence-corrected chi connectivity index (χ3v) is 5.24. The standard InChI is InChI=1S/C20H22O3/c1-20(2)10-15(21)19-17(11-20)23-16-9-8-14(18(16)19)12-4-6-13(22-3)7-5-12/h4-9,14,16,18H,10-11H2,1-3H3/t14-,16+,18-/m0/s1. The molecule has 0 N–H and O–H groups in total. The van der Waals surface area contributed by atoms with Gasteiger partial charge < -0.3 is 9.47 Å². The highest BCUT2D eigenvalue weighted by atomic mass is 16.5. The van der Waals surface area contributed by atoms with Crippen LogP contribution in [0.15, 0.2) is 47.7 Å². The quantitative estimate of drug-likeness (QED) is 0.774. The van der Waals surface area contributed by atoms with Gasteiger partial charge in [-0.25, -0.2) is 0 Å². The van der Waals surface area contributed by atoms with Gasteiger partial charge in [0, 0.05) is 30.3 Å². The number of ether oxygens (including phenoxy) is 2. The lowest BCUT2D eigenvalue weighted by atomic mass is 9.72. The highest BCUT2D eigenvalue weighted by Crippen LogP contribution is 2.52. The molecular formula is C20H22O3. The van der Waals surface area contributed by atoms with Gasteiger partial charge >= 0.3 is 0 Å². The van der Waals surface area contributed by atoms with Gasteiger partial charge in [0.1, 0.15) is 17.6 Å². The Hall–Kier alpha value is -2.03. The van der Waals surface area contributed by atoms with Gasteiger partial charge in [-0.2, -0.15) is 0 Å². The van der Waals surface area contributed by atoms with Gasteiger partial charge in [-0.1, -0.05) is 32.1 Å². The maximum absolute atomic E-state index is 12.7. The summed E-state index contributed by atoms with van der Waals surface area (Å²) in [6.07, 6.45) is 5.81. The minimum absolute atomic E-state index is 0.00782. The zero-order valence-electron chi connectivity index (χ0n) is 13.8. The van der Waals surface area contributed by atoms with Crippen LogP contribution in [0.3, 0.4) is 0 Å². The number of hydrogen-bond donors (Lipinski definition) is 0. The monoisotopic (exact) mass is 310 g/mol. The predicted molar refractivity (Wildman–Crippen MR) is 88.3 cm³/mol. The lowest BCUT2D eigenvalue weighted by Crippen LogP contribution is -2.28. The van der Waals surface area contributed by atoms with Crippen molar-refractivity contribution < 1.29 is 14.3 Å². The molecule has 0 fully saturated rings. The molecule has 0 aromatic heterocycles. The molecule has 1 aromatic rings. The third kappa shape index (κ3) is 2.30. The van der Waals surface area contributed by atoms with Crippen LogP contribution in [0.5, 0.6) is 5.75 Å². The van der Waals surface area contributed by atoms with E-state index in [4.69, 9.17) is 9.47 Å². The zero-order chi connectivity index (χ0) is 16.2. The van der Waals surface area contributed by atoms with E-state index >= 15 is 0 Å². The number of rotatable bonds is 2. The minimum atomic E-state index is 0.00782. The van der Waals surface area contributed by atoms with Gasteiger partial charge in [0.2, 0.25) is 0 Å². The molecule has 3 aliphatic rings. The molecule has 1 aromatic carbocycles. The zero-order valence-corrected chi connectivity index (χ0v) is 13.8. The maximum atomic E-state index is 12.7. The van der Waals surface area contributed by atoms with Crippen LogP contribution in [0.4, 0.5) is 0 Å². The average molecular weight is 310 g/mol. The summed E-state index contributed by atoms with van der Waals surface area (Å²) in [6, 6.07) is 8.14. The first kappa shape index (κ1) is 14.6. The van der Waals surface area contributed by atoms with E-state index in [2.05, 4.69) is 38.1 Å². The first-order chi connectivity index (χ1) is 11.0. The molecule has 3 heteroatoms. The second-order valence-electron chi connectivity index (χ2n) is 7.57. The number of benzene rings is 1. The molecule has 1 heterocycles. The van der Waals surface area contributed by atoms with Crippen molar-refractivity contribution in [1.82, 2.24) is 0 Å². The number of carbonyl (C=O) groups excluding carboxylic acids is 1. The van der Waals surface area contributed by atoms with Gasteiger partial charge in [-0.3, -0.25) is 4.79 Å². The number of Topliss-reactive ketones (excluding diaryl/α,β-unsaturated/α-hetero) is 1. The maximum Gasteiger partial charge on any atom is 0.163 e. The Labute approximate surface area is 137 Å². The lowest BCUT2D eigenvalue weighted by molar-refractivity contribution is -0.118. The van der Waals surface area contributed by atoms with E-state index in [-0.39, 0.29) is 29.1 Å². The fourth-order valence-corrected chi connectivity index (χ4v) is 4.19.